The summed E-state index contributed by atoms with van der Waals surface area (Å²) < 4.78 is 6.15. The van der Waals surface area contributed by atoms with Crippen molar-refractivity contribution in [3.05, 3.63) is 40.4 Å². The van der Waals surface area contributed by atoms with E-state index in [2.05, 4.69) is 32.6 Å². The summed E-state index contributed by atoms with van der Waals surface area (Å²) in [5.74, 6) is 1.74. The lowest BCUT2D eigenvalue weighted by Crippen LogP contribution is -2.12. The molecule has 2 aromatic rings. The van der Waals surface area contributed by atoms with Crippen LogP contribution in [0.4, 0.5) is 11.5 Å². The summed E-state index contributed by atoms with van der Waals surface area (Å²) >= 11 is 2.23. The minimum Gasteiger partial charge on any atom is -0.497 e. The van der Waals surface area contributed by atoms with Gasteiger partial charge in [-0.1, -0.05) is 0 Å². The molecule has 0 aliphatic rings. The van der Waals surface area contributed by atoms with Crippen molar-refractivity contribution in [1.82, 2.24) is 9.97 Å². The summed E-state index contributed by atoms with van der Waals surface area (Å²) in [4.78, 5) is 10.3. The molecule has 17 heavy (non-hydrogen) atoms. The van der Waals surface area contributed by atoms with E-state index in [1.54, 1.807) is 19.6 Å². The normalized spacial score (nSPS) is 10.1. The van der Waals surface area contributed by atoms with E-state index >= 15 is 0 Å². The first-order valence-corrected chi connectivity index (χ1v) is 6.13. The first kappa shape index (κ1) is 12.1. The highest BCUT2D eigenvalue weighted by atomic mass is 127. The second kappa shape index (κ2) is 5.31. The maximum atomic E-state index is 5.13. The van der Waals surface area contributed by atoms with Crippen LogP contribution in [0.1, 0.15) is 0 Å². The maximum absolute atomic E-state index is 5.13. The van der Waals surface area contributed by atoms with E-state index in [0.29, 0.717) is 0 Å². The summed E-state index contributed by atoms with van der Waals surface area (Å²) in [6, 6.07) is 7.85. The monoisotopic (exact) mass is 341 g/mol. The number of benzene rings is 1. The Labute approximate surface area is 114 Å². The SMILES string of the molecule is COc1ccc(N(C)c2ncncc2I)cc1. The fourth-order valence-electron chi connectivity index (χ4n) is 1.48. The molecule has 0 atom stereocenters. The third kappa shape index (κ3) is 2.66. The molecule has 0 unspecified atom stereocenters. The Morgan fingerprint density at radius 3 is 2.53 bits per heavy atom. The zero-order chi connectivity index (χ0) is 12.3. The molecule has 2 rings (SSSR count). The first-order valence-electron chi connectivity index (χ1n) is 5.05. The molecule has 0 radical (unpaired) electrons. The number of halogens is 1. The summed E-state index contributed by atoms with van der Waals surface area (Å²) in [7, 11) is 3.64. The quantitative estimate of drug-likeness (QED) is 0.805. The molecule has 1 heterocycles. The average Bonchev–Trinajstić information content (AvgIpc) is 2.39. The predicted octanol–water partition coefficient (Wildman–Crippen LogP) is 2.86. The van der Waals surface area contributed by atoms with Crippen molar-refractivity contribution in [2.75, 3.05) is 19.1 Å². The molecule has 4 nitrogen and oxygen atoms in total. The van der Waals surface area contributed by atoms with Gasteiger partial charge in [0.1, 0.15) is 17.9 Å². The van der Waals surface area contributed by atoms with Gasteiger partial charge < -0.3 is 9.64 Å². The predicted molar refractivity (Wildman–Crippen MR) is 75.8 cm³/mol. The zero-order valence-corrected chi connectivity index (χ0v) is 11.7. The van der Waals surface area contributed by atoms with Crippen LogP contribution in [0, 0.1) is 3.57 Å². The van der Waals surface area contributed by atoms with Crippen LogP contribution >= 0.6 is 22.6 Å². The molecular weight excluding hydrogens is 329 g/mol. The molecule has 1 aromatic heterocycles. The number of hydrogen-bond acceptors (Lipinski definition) is 4. The van der Waals surface area contributed by atoms with E-state index in [-0.39, 0.29) is 0 Å². The molecule has 0 N–H and O–H groups in total. The fraction of sp³-hybridized carbons (Fsp3) is 0.167. The molecule has 0 fully saturated rings. The van der Waals surface area contributed by atoms with Gasteiger partial charge in [-0.2, -0.15) is 0 Å². The minimum atomic E-state index is 0.847. The Balaban J connectivity index is 2.30. The maximum Gasteiger partial charge on any atom is 0.149 e. The van der Waals surface area contributed by atoms with Gasteiger partial charge >= 0.3 is 0 Å². The standard InChI is InChI=1S/C12H12IN3O/c1-16(12-11(13)7-14-8-15-12)9-3-5-10(17-2)6-4-9/h3-8H,1-2H3. The Hall–Kier alpha value is -1.37. The van der Waals surface area contributed by atoms with Gasteiger partial charge in [-0.15, -0.1) is 0 Å². The Morgan fingerprint density at radius 2 is 1.94 bits per heavy atom. The fourth-order valence-corrected chi connectivity index (χ4v) is 2.14. The Bertz CT molecular complexity index is 501. The van der Waals surface area contributed by atoms with Crippen LogP contribution in [-0.4, -0.2) is 24.1 Å². The van der Waals surface area contributed by atoms with Gasteiger partial charge in [-0.3, -0.25) is 0 Å². The number of ether oxygens (including phenoxy) is 1. The van der Waals surface area contributed by atoms with Gasteiger partial charge in [-0.25, -0.2) is 9.97 Å². The van der Waals surface area contributed by atoms with Gasteiger partial charge in [0.05, 0.1) is 10.7 Å². The number of methoxy groups -OCH3 is 1. The highest BCUT2D eigenvalue weighted by Crippen LogP contribution is 2.26. The topological polar surface area (TPSA) is 38.2 Å². The molecule has 0 bridgehead atoms. The number of aromatic nitrogens is 2. The van der Waals surface area contributed by atoms with Crippen molar-refractivity contribution in [1.29, 1.82) is 0 Å². The third-order valence-electron chi connectivity index (χ3n) is 2.43. The van der Waals surface area contributed by atoms with E-state index in [1.165, 1.54) is 0 Å². The van der Waals surface area contributed by atoms with Crippen molar-refractivity contribution in [3.8, 4) is 5.75 Å². The Kier molecular flexibility index (Phi) is 3.78. The summed E-state index contributed by atoms with van der Waals surface area (Å²) in [5.41, 5.74) is 1.06. The third-order valence-corrected chi connectivity index (χ3v) is 3.19. The van der Waals surface area contributed by atoms with Gasteiger partial charge in [0, 0.05) is 18.9 Å². The smallest absolute Gasteiger partial charge is 0.149 e. The molecule has 5 heteroatoms. The van der Waals surface area contributed by atoms with Crippen molar-refractivity contribution >= 4 is 34.1 Å². The molecule has 88 valence electrons. The molecule has 0 spiro atoms. The second-order valence-corrected chi connectivity index (χ2v) is 4.61. The van der Waals surface area contributed by atoms with Crippen molar-refractivity contribution in [3.63, 3.8) is 0 Å². The highest BCUT2D eigenvalue weighted by molar-refractivity contribution is 14.1. The van der Waals surface area contributed by atoms with Crippen LogP contribution in [0.3, 0.4) is 0 Å². The van der Waals surface area contributed by atoms with Crippen LogP contribution in [0.15, 0.2) is 36.8 Å². The average molecular weight is 341 g/mol. The van der Waals surface area contributed by atoms with Crippen molar-refractivity contribution in [2.45, 2.75) is 0 Å². The lowest BCUT2D eigenvalue weighted by atomic mass is 10.3. The molecule has 1 aromatic carbocycles. The van der Waals surface area contributed by atoms with Crippen molar-refractivity contribution in [2.24, 2.45) is 0 Å². The lowest BCUT2D eigenvalue weighted by molar-refractivity contribution is 0.415. The summed E-state index contributed by atoms with van der Waals surface area (Å²) in [5, 5.41) is 0. The molecular formula is C12H12IN3O. The van der Waals surface area contributed by atoms with E-state index < -0.39 is 0 Å². The number of rotatable bonds is 3. The highest BCUT2D eigenvalue weighted by Gasteiger charge is 2.08. The Morgan fingerprint density at radius 1 is 1.24 bits per heavy atom. The van der Waals surface area contributed by atoms with Crippen LogP contribution in [0.2, 0.25) is 0 Å². The van der Waals surface area contributed by atoms with Crippen LogP contribution < -0.4 is 9.64 Å². The number of anilines is 2. The van der Waals surface area contributed by atoms with Crippen LogP contribution in [-0.2, 0) is 0 Å². The van der Waals surface area contributed by atoms with Gasteiger partial charge in [-0.05, 0) is 46.9 Å². The zero-order valence-electron chi connectivity index (χ0n) is 9.59. The van der Waals surface area contributed by atoms with Gasteiger partial charge in [0.2, 0.25) is 0 Å². The van der Waals surface area contributed by atoms with Crippen LogP contribution in [0.5, 0.6) is 5.75 Å². The molecule has 0 saturated carbocycles. The van der Waals surface area contributed by atoms with Crippen molar-refractivity contribution < 1.29 is 4.74 Å². The number of nitrogens with zero attached hydrogens (tertiary/aromatic N) is 3. The number of hydrogen-bond donors (Lipinski definition) is 0. The van der Waals surface area contributed by atoms with E-state index in [0.717, 1.165) is 20.8 Å². The molecule has 0 aliphatic carbocycles. The second-order valence-electron chi connectivity index (χ2n) is 3.45. The largest absolute Gasteiger partial charge is 0.497 e. The van der Waals surface area contributed by atoms with E-state index in [9.17, 15) is 0 Å². The van der Waals surface area contributed by atoms with Gasteiger partial charge in [0.15, 0.2) is 0 Å². The summed E-state index contributed by atoms with van der Waals surface area (Å²) in [6.07, 6.45) is 3.35. The van der Waals surface area contributed by atoms with Gasteiger partial charge in [0.25, 0.3) is 0 Å². The minimum absolute atomic E-state index is 0.847. The molecule has 0 amide bonds. The lowest BCUT2D eigenvalue weighted by Gasteiger charge is -2.19. The first-order chi connectivity index (χ1) is 8.22. The molecule has 0 aliphatic heterocycles. The van der Waals surface area contributed by atoms with Crippen LogP contribution in [0.25, 0.3) is 0 Å². The molecule has 0 saturated heterocycles. The van der Waals surface area contributed by atoms with E-state index in [4.69, 9.17) is 4.74 Å². The summed E-state index contributed by atoms with van der Waals surface area (Å²) in [6.45, 7) is 0. The van der Waals surface area contributed by atoms with E-state index in [1.807, 2.05) is 36.2 Å².